The summed E-state index contributed by atoms with van der Waals surface area (Å²) < 4.78 is 5.38. The molecule has 1 unspecified atom stereocenters. The van der Waals surface area contributed by atoms with Crippen molar-refractivity contribution in [3.63, 3.8) is 0 Å². The molecule has 4 rings (SSSR count). The van der Waals surface area contributed by atoms with Gasteiger partial charge in [-0.25, -0.2) is 4.99 Å². The lowest BCUT2D eigenvalue weighted by molar-refractivity contribution is -0.116. The maximum atomic E-state index is 12.9. The number of halogens is 1. The smallest absolute Gasteiger partial charge is 0.269 e. The van der Waals surface area contributed by atoms with Crippen molar-refractivity contribution in [2.24, 2.45) is 4.99 Å². The van der Waals surface area contributed by atoms with Gasteiger partial charge in [0.1, 0.15) is 5.75 Å². The minimum Gasteiger partial charge on any atom is -0.495 e. The Morgan fingerprint density at radius 2 is 1.79 bits per heavy atom. The Morgan fingerprint density at radius 3 is 2.57 bits per heavy atom. The molecule has 0 bridgehead atoms. The number of ether oxygens (including phenoxy) is 1. The van der Waals surface area contributed by atoms with E-state index in [1.807, 2.05) is 60.7 Å². The molecule has 0 aliphatic carbocycles. The van der Waals surface area contributed by atoms with Crippen LogP contribution < -0.4 is 15.4 Å². The number of benzodiazepines with no additional fused rings is 1. The Morgan fingerprint density at radius 1 is 1.04 bits per heavy atom. The monoisotopic (exact) mass is 391 g/mol. The molecule has 3 aromatic carbocycles. The molecule has 2 N–H and O–H groups in total. The van der Waals surface area contributed by atoms with E-state index in [1.165, 1.54) is 0 Å². The van der Waals surface area contributed by atoms with Crippen molar-refractivity contribution in [2.75, 3.05) is 17.7 Å². The van der Waals surface area contributed by atoms with E-state index in [9.17, 15) is 4.79 Å². The predicted molar refractivity (Wildman–Crippen MR) is 113 cm³/mol. The first-order chi connectivity index (χ1) is 13.7. The second-order valence-corrected chi connectivity index (χ2v) is 6.71. The van der Waals surface area contributed by atoms with Gasteiger partial charge in [0.25, 0.3) is 5.91 Å². The number of benzene rings is 3. The molecule has 28 heavy (non-hydrogen) atoms. The fourth-order valence-electron chi connectivity index (χ4n) is 3.11. The molecule has 1 atom stereocenters. The highest BCUT2D eigenvalue weighted by Crippen LogP contribution is 2.29. The van der Waals surface area contributed by atoms with Crippen LogP contribution in [0.4, 0.5) is 11.4 Å². The first kappa shape index (κ1) is 18.1. The quantitative estimate of drug-likeness (QED) is 0.684. The van der Waals surface area contributed by atoms with Crippen LogP contribution in [0.1, 0.15) is 11.1 Å². The molecule has 140 valence electrons. The van der Waals surface area contributed by atoms with Crippen LogP contribution in [-0.4, -0.2) is 24.9 Å². The van der Waals surface area contributed by atoms with Crippen LogP contribution in [0.5, 0.6) is 5.75 Å². The number of carbonyl (C=O) groups is 1. The van der Waals surface area contributed by atoms with Gasteiger partial charge >= 0.3 is 0 Å². The Balaban J connectivity index is 1.82. The Labute approximate surface area is 168 Å². The normalized spacial score (nSPS) is 15.7. The number of carbonyl (C=O) groups excluding carboxylic acids is 1. The van der Waals surface area contributed by atoms with Crippen molar-refractivity contribution >= 4 is 34.6 Å². The largest absolute Gasteiger partial charge is 0.495 e. The molecule has 6 heteroatoms. The second-order valence-electron chi connectivity index (χ2n) is 6.27. The van der Waals surface area contributed by atoms with Gasteiger partial charge < -0.3 is 15.4 Å². The molecule has 1 amide bonds. The maximum Gasteiger partial charge on any atom is 0.269 e. The Kier molecular flexibility index (Phi) is 5.00. The number of nitrogens with one attached hydrogen (secondary N) is 2. The summed E-state index contributed by atoms with van der Waals surface area (Å²) in [6.45, 7) is 0. The van der Waals surface area contributed by atoms with Gasteiger partial charge in [-0.15, -0.1) is 0 Å². The van der Waals surface area contributed by atoms with Crippen LogP contribution in [0.2, 0.25) is 5.02 Å². The zero-order valence-electron chi connectivity index (χ0n) is 15.1. The van der Waals surface area contributed by atoms with Crippen molar-refractivity contribution in [1.29, 1.82) is 0 Å². The van der Waals surface area contributed by atoms with Gasteiger partial charge in [-0.3, -0.25) is 4.79 Å². The average Bonchev–Trinajstić information content (AvgIpc) is 2.86. The second kappa shape index (κ2) is 7.74. The molecule has 0 saturated carbocycles. The summed E-state index contributed by atoms with van der Waals surface area (Å²) in [6.07, 6.45) is -0.835. The third-order valence-corrected chi connectivity index (χ3v) is 4.68. The van der Waals surface area contributed by atoms with Gasteiger partial charge in [0, 0.05) is 16.1 Å². The molecule has 3 aromatic rings. The zero-order valence-corrected chi connectivity index (χ0v) is 15.9. The van der Waals surface area contributed by atoms with Gasteiger partial charge in [-0.05, 0) is 30.3 Å². The Hall–Kier alpha value is -3.31. The molecular formula is C22H18ClN3O2. The minimum absolute atomic E-state index is 0.264. The molecule has 1 heterocycles. The highest BCUT2D eigenvalue weighted by molar-refractivity contribution is 6.32. The molecule has 0 saturated heterocycles. The van der Waals surface area contributed by atoms with Gasteiger partial charge in [-0.2, -0.15) is 0 Å². The fourth-order valence-corrected chi connectivity index (χ4v) is 3.29. The molecule has 0 aromatic heterocycles. The highest BCUT2D eigenvalue weighted by Gasteiger charge is 2.26. The third kappa shape index (κ3) is 3.57. The van der Waals surface area contributed by atoms with E-state index in [2.05, 4.69) is 10.6 Å². The number of methoxy groups -OCH3 is 1. The first-order valence-corrected chi connectivity index (χ1v) is 9.17. The summed E-state index contributed by atoms with van der Waals surface area (Å²) in [6, 6.07) is 22.5. The topological polar surface area (TPSA) is 62.7 Å². The molecule has 0 fully saturated rings. The molecular weight excluding hydrogens is 374 g/mol. The number of anilines is 2. The third-order valence-electron chi connectivity index (χ3n) is 4.45. The summed E-state index contributed by atoms with van der Waals surface area (Å²) in [4.78, 5) is 17.6. The number of fused-ring (bicyclic) bond motifs is 1. The Bertz CT molecular complexity index is 1050. The molecule has 1 aliphatic rings. The van der Waals surface area contributed by atoms with E-state index in [-0.39, 0.29) is 5.91 Å². The maximum absolute atomic E-state index is 12.9. The fraction of sp³-hybridized carbons (Fsp3) is 0.0909. The SMILES string of the molecule is COc1ccccc1NC1N=C(c2ccccc2)c2cc(Cl)ccc2NC1=O. The number of nitrogens with zero attached hydrogens (tertiary/aromatic N) is 1. The zero-order chi connectivity index (χ0) is 19.5. The molecule has 0 radical (unpaired) electrons. The lowest BCUT2D eigenvalue weighted by atomic mass is 10.0. The minimum atomic E-state index is -0.835. The van der Waals surface area contributed by atoms with Crippen LogP contribution in [0.3, 0.4) is 0 Å². The highest BCUT2D eigenvalue weighted by atomic mass is 35.5. The van der Waals surface area contributed by atoms with E-state index in [1.54, 1.807) is 19.2 Å². The summed E-state index contributed by atoms with van der Waals surface area (Å²) in [5.41, 5.74) is 3.71. The van der Waals surface area contributed by atoms with E-state index < -0.39 is 6.17 Å². The lowest BCUT2D eigenvalue weighted by Gasteiger charge is -2.16. The van der Waals surface area contributed by atoms with Crippen molar-refractivity contribution in [3.8, 4) is 5.75 Å². The van der Waals surface area contributed by atoms with E-state index in [4.69, 9.17) is 21.3 Å². The number of hydrogen-bond acceptors (Lipinski definition) is 4. The van der Waals surface area contributed by atoms with Crippen molar-refractivity contribution in [2.45, 2.75) is 6.17 Å². The molecule has 5 nitrogen and oxygen atoms in total. The van der Waals surface area contributed by atoms with Crippen LogP contribution in [0.15, 0.2) is 77.8 Å². The standard InChI is InChI=1S/C22H18ClN3O2/c1-28-19-10-6-5-9-18(19)24-21-22(27)25-17-12-11-15(23)13-16(17)20(26-21)14-7-3-2-4-8-14/h2-13,21,24H,1H3,(H,25,27). The first-order valence-electron chi connectivity index (χ1n) is 8.79. The van der Waals surface area contributed by atoms with Crippen LogP contribution in [0, 0.1) is 0 Å². The van der Waals surface area contributed by atoms with Crippen molar-refractivity contribution in [1.82, 2.24) is 0 Å². The van der Waals surface area contributed by atoms with Gasteiger partial charge in [-0.1, -0.05) is 54.1 Å². The average molecular weight is 392 g/mol. The van der Waals surface area contributed by atoms with Crippen LogP contribution in [-0.2, 0) is 4.79 Å². The van der Waals surface area contributed by atoms with Crippen LogP contribution in [0.25, 0.3) is 0 Å². The number of rotatable bonds is 4. The summed E-state index contributed by atoms with van der Waals surface area (Å²) in [7, 11) is 1.59. The van der Waals surface area contributed by atoms with Gasteiger partial charge in [0.05, 0.1) is 24.2 Å². The van der Waals surface area contributed by atoms with E-state index in [0.717, 1.165) is 11.1 Å². The van der Waals surface area contributed by atoms with Gasteiger partial charge in [0.2, 0.25) is 0 Å². The van der Waals surface area contributed by atoms with E-state index in [0.29, 0.717) is 27.9 Å². The summed E-state index contributed by atoms with van der Waals surface area (Å²) >= 11 is 6.22. The van der Waals surface area contributed by atoms with Crippen molar-refractivity contribution < 1.29 is 9.53 Å². The predicted octanol–water partition coefficient (Wildman–Crippen LogP) is 4.58. The molecule has 1 aliphatic heterocycles. The van der Waals surface area contributed by atoms with E-state index >= 15 is 0 Å². The van der Waals surface area contributed by atoms with Gasteiger partial charge in [0.15, 0.2) is 6.17 Å². The molecule has 0 spiro atoms. The number of para-hydroxylation sites is 2. The van der Waals surface area contributed by atoms with Crippen molar-refractivity contribution in [3.05, 3.63) is 88.9 Å². The summed E-state index contributed by atoms with van der Waals surface area (Å²) in [5, 5.41) is 6.70. The number of aliphatic imine (C=N–C) groups is 1. The lowest BCUT2D eigenvalue weighted by Crippen LogP contribution is -2.32. The number of amides is 1. The number of hydrogen-bond donors (Lipinski definition) is 2. The summed E-state index contributed by atoms with van der Waals surface area (Å²) in [5.74, 6) is 0.372. The van der Waals surface area contributed by atoms with Crippen LogP contribution >= 0.6 is 11.6 Å².